The molecule has 104 valence electrons. The van der Waals surface area contributed by atoms with E-state index in [1.165, 1.54) is 7.11 Å². The molecule has 5 nitrogen and oxygen atoms in total. The molecule has 0 aromatic carbocycles. The first-order chi connectivity index (χ1) is 8.19. The highest BCUT2D eigenvalue weighted by atomic mass is 32.2. The molecule has 2 rings (SSSR count). The van der Waals surface area contributed by atoms with Crippen molar-refractivity contribution in [1.82, 2.24) is 0 Å². The maximum absolute atomic E-state index is 12.1. The third-order valence-electron chi connectivity index (χ3n) is 4.91. The third-order valence-corrected chi connectivity index (χ3v) is 7.57. The molecule has 1 aliphatic heterocycles. The molecule has 1 saturated carbocycles. The first kappa shape index (κ1) is 13.8. The van der Waals surface area contributed by atoms with Gasteiger partial charge in [0.25, 0.3) is 0 Å². The van der Waals surface area contributed by atoms with Crippen molar-refractivity contribution >= 4 is 15.8 Å². The lowest BCUT2D eigenvalue weighted by Crippen LogP contribution is -2.49. The van der Waals surface area contributed by atoms with Crippen molar-refractivity contribution in [2.45, 2.75) is 43.9 Å². The molecule has 2 aliphatic rings. The highest BCUT2D eigenvalue weighted by Gasteiger charge is 2.65. The smallest absolute Gasteiger partial charge is 0.323 e. The molecule has 6 heteroatoms. The molecule has 2 atom stereocenters. The number of hydrogen-bond acceptors (Lipinski definition) is 5. The van der Waals surface area contributed by atoms with E-state index in [0.29, 0.717) is 6.42 Å². The van der Waals surface area contributed by atoms with Gasteiger partial charge in [-0.2, -0.15) is 0 Å². The molecular weight excluding hydrogens is 254 g/mol. The molecular formula is C12H21NO4S. The van der Waals surface area contributed by atoms with Gasteiger partial charge in [-0.05, 0) is 39.0 Å². The van der Waals surface area contributed by atoms with Gasteiger partial charge in [-0.25, -0.2) is 8.42 Å². The van der Waals surface area contributed by atoms with Crippen LogP contribution in [-0.4, -0.2) is 38.0 Å². The van der Waals surface area contributed by atoms with Crippen LogP contribution in [0.2, 0.25) is 0 Å². The fraction of sp³-hybridized carbons (Fsp3) is 0.917. The lowest BCUT2D eigenvalue weighted by Gasteiger charge is -2.35. The van der Waals surface area contributed by atoms with E-state index in [-0.39, 0.29) is 17.1 Å². The van der Waals surface area contributed by atoms with Crippen LogP contribution >= 0.6 is 0 Å². The molecule has 1 aliphatic carbocycles. The van der Waals surface area contributed by atoms with E-state index >= 15 is 0 Å². The number of sulfone groups is 1. The molecule has 0 aromatic heterocycles. The van der Waals surface area contributed by atoms with Gasteiger partial charge in [0.05, 0.1) is 17.6 Å². The van der Waals surface area contributed by atoms with Crippen molar-refractivity contribution in [3.05, 3.63) is 0 Å². The normalized spacial score (nSPS) is 32.8. The Morgan fingerprint density at radius 3 is 2.28 bits per heavy atom. The Morgan fingerprint density at radius 1 is 1.39 bits per heavy atom. The highest BCUT2D eigenvalue weighted by molar-refractivity contribution is 7.93. The monoisotopic (exact) mass is 275 g/mol. The van der Waals surface area contributed by atoms with E-state index in [1.807, 2.05) is 0 Å². The van der Waals surface area contributed by atoms with Gasteiger partial charge in [-0.3, -0.25) is 4.79 Å². The van der Waals surface area contributed by atoms with Gasteiger partial charge in [0.15, 0.2) is 9.84 Å². The Kier molecular flexibility index (Phi) is 3.02. The first-order valence-electron chi connectivity index (χ1n) is 6.25. The van der Waals surface area contributed by atoms with Crippen molar-refractivity contribution in [2.75, 3.05) is 12.9 Å². The van der Waals surface area contributed by atoms with Crippen LogP contribution in [0, 0.1) is 11.3 Å². The van der Waals surface area contributed by atoms with E-state index in [1.54, 1.807) is 13.8 Å². The summed E-state index contributed by atoms with van der Waals surface area (Å²) >= 11 is 0. The lowest BCUT2D eigenvalue weighted by molar-refractivity contribution is -0.144. The molecule has 1 heterocycles. The maximum atomic E-state index is 12.1. The zero-order chi connectivity index (χ0) is 13.8. The highest BCUT2D eigenvalue weighted by Crippen LogP contribution is 2.62. The number of ether oxygens (including phenoxy) is 1. The summed E-state index contributed by atoms with van der Waals surface area (Å²) in [5, 5.41) is 0. The average molecular weight is 275 g/mol. The number of methoxy groups -OCH3 is 1. The number of carbonyl (C=O) groups is 1. The Morgan fingerprint density at radius 2 is 1.94 bits per heavy atom. The van der Waals surface area contributed by atoms with Gasteiger partial charge >= 0.3 is 5.97 Å². The summed E-state index contributed by atoms with van der Waals surface area (Å²) in [6, 6.07) is -0.708. The Bertz CT molecular complexity index is 464. The summed E-state index contributed by atoms with van der Waals surface area (Å²) in [6.07, 6.45) is 2.22. The number of carbonyl (C=O) groups excluding carboxylic acids is 1. The number of nitrogens with two attached hydrogens (primary N) is 1. The Labute approximate surface area is 108 Å². The summed E-state index contributed by atoms with van der Waals surface area (Å²) < 4.78 is 28.1. The quantitative estimate of drug-likeness (QED) is 0.757. The summed E-state index contributed by atoms with van der Waals surface area (Å²) in [5.74, 6) is -0.294. The second-order valence-electron chi connectivity index (χ2n) is 6.00. The maximum Gasteiger partial charge on any atom is 0.323 e. The van der Waals surface area contributed by atoms with Crippen LogP contribution in [0.15, 0.2) is 0 Å². The Hall–Kier alpha value is -0.620. The van der Waals surface area contributed by atoms with E-state index in [4.69, 9.17) is 10.5 Å². The number of rotatable bonds is 3. The van der Waals surface area contributed by atoms with Crippen LogP contribution in [0.4, 0.5) is 0 Å². The van der Waals surface area contributed by atoms with Crippen LogP contribution in [0.3, 0.4) is 0 Å². The fourth-order valence-electron chi connectivity index (χ4n) is 3.46. The van der Waals surface area contributed by atoms with Crippen molar-refractivity contribution < 1.29 is 17.9 Å². The van der Waals surface area contributed by atoms with Gasteiger partial charge in [-0.15, -0.1) is 0 Å². The van der Waals surface area contributed by atoms with E-state index in [0.717, 1.165) is 12.8 Å². The van der Waals surface area contributed by atoms with Gasteiger partial charge in [-0.1, -0.05) is 0 Å². The van der Waals surface area contributed by atoms with E-state index in [2.05, 4.69) is 0 Å². The predicted molar refractivity (Wildman–Crippen MR) is 67.6 cm³/mol. The zero-order valence-electron chi connectivity index (χ0n) is 11.1. The van der Waals surface area contributed by atoms with Crippen molar-refractivity contribution in [3.8, 4) is 0 Å². The average Bonchev–Trinajstić information content (AvgIpc) is 3.04. The largest absolute Gasteiger partial charge is 0.468 e. The van der Waals surface area contributed by atoms with Gasteiger partial charge in [0.1, 0.15) is 6.04 Å². The Balaban J connectivity index is 2.31. The van der Waals surface area contributed by atoms with Crippen LogP contribution in [-0.2, 0) is 19.4 Å². The van der Waals surface area contributed by atoms with E-state index in [9.17, 15) is 13.2 Å². The molecule has 2 N–H and O–H groups in total. The molecule has 2 unspecified atom stereocenters. The lowest BCUT2D eigenvalue weighted by atomic mass is 9.74. The van der Waals surface area contributed by atoms with Crippen molar-refractivity contribution in [1.29, 1.82) is 0 Å². The number of esters is 1. The fourth-order valence-corrected chi connectivity index (χ4v) is 5.32. The summed E-state index contributed by atoms with van der Waals surface area (Å²) in [4.78, 5) is 11.6. The molecule has 0 radical (unpaired) electrons. The molecule has 2 fully saturated rings. The first-order valence-corrected chi connectivity index (χ1v) is 7.90. The standard InChI is InChI=1S/C12H21NO4S/c1-11(2)8(4-7-18(11,15)16)12(5-6-12)9(13)10(14)17-3/h8-9H,4-7,13H2,1-3H3. The van der Waals surface area contributed by atoms with Crippen LogP contribution in [0.25, 0.3) is 0 Å². The van der Waals surface area contributed by atoms with Crippen LogP contribution in [0.1, 0.15) is 33.1 Å². The topological polar surface area (TPSA) is 86.5 Å². The molecule has 0 amide bonds. The SMILES string of the molecule is COC(=O)C(N)C1(C2CCS(=O)(=O)C2(C)C)CC1. The summed E-state index contributed by atoms with van der Waals surface area (Å²) in [7, 11) is -1.78. The summed E-state index contributed by atoms with van der Waals surface area (Å²) in [5.41, 5.74) is 5.61. The number of hydrogen-bond donors (Lipinski definition) is 1. The molecule has 1 saturated heterocycles. The second-order valence-corrected chi connectivity index (χ2v) is 8.69. The van der Waals surface area contributed by atoms with Crippen molar-refractivity contribution in [3.63, 3.8) is 0 Å². The predicted octanol–water partition coefficient (Wildman–Crippen LogP) is 0.480. The molecule has 0 bridgehead atoms. The van der Waals surface area contributed by atoms with E-state index < -0.39 is 26.6 Å². The minimum atomic E-state index is -3.09. The van der Waals surface area contributed by atoms with Gasteiger partial charge in [0, 0.05) is 5.41 Å². The van der Waals surface area contributed by atoms with Crippen molar-refractivity contribution in [2.24, 2.45) is 17.1 Å². The van der Waals surface area contributed by atoms with Gasteiger partial charge in [0.2, 0.25) is 0 Å². The van der Waals surface area contributed by atoms with Gasteiger partial charge < -0.3 is 10.5 Å². The van der Waals surface area contributed by atoms with Crippen LogP contribution in [0.5, 0.6) is 0 Å². The molecule has 0 spiro atoms. The zero-order valence-corrected chi connectivity index (χ0v) is 11.9. The third kappa shape index (κ3) is 1.69. The minimum absolute atomic E-state index is 0.0518. The summed E-state index contributed by atoms with van der Waals surface area (Å²) in [6.45, 7) is 3.51. The molecule has 18 heavy (non-hydrogen) atoms. The minimum Gasteiger partial charge on any atom is -0.468 e. The van der Waals surface area contributed by atoms with Crippen LogP contribution < -0.4 is 5.73 Å². The molecule has 0 aromatic rings. The second kappa shape index (κ2) is 3.93.